The molecular weight excluding hydrogens is 542 g/mol. The molecule has 0 aliphatic carbocycles. The van der Waals surface area contributed by atoms with Gasteiger partial charge in [-0.3, -0.25) is 19.5 Å². The monoisotopic (exact) mass is 583 g/mol. The Balaban J connectivity index is 1.24. The zero-order valence-electron chi connectivity index (χ0n) is 25.3. The Morgan fingerprint density at radius 3 is 2.49 bits per heavy atom. The van der Waals surface area contributed by atoms with E-state index in [0.29, 0.717) is 39.4 Å². The minimum absolute atomic E-state index is 0.0219. The van der Waals surface area contributed by atoms with Crippen molar-refractivity contribution in [1.82, 2.24) is 19.6 Å². The summed E-state index contributed by atoms with van der Waals surface area (Å²) in [6.07, 6.45) is 0.746. The van der Waals surface area contributed by atoms with Gasteiger partial charge >= 0.3 is 6.03 Å². The van der Waals surface area contributed by atoms with Gasteiger partial charge in [0.05, 0.1) is 19.3 Å². The zero-order chi connectivity index (χ0) is 29.9. The maximum atomic E-state index is 14.5. The third-order valence-electron chi connectivity index (χ3n) is 10.1. The summed E-state index contributed by atoms with van der Waals surface area (Å²) in [7, 11) is 4.10. The minimum Gasteiger partial charge on any atom is -0.508 e. The van der Waals surface area contributed by atoms with Crippen LogP contribution in [0.15, 0.2) is 54.6 Å². The van der Waals surface area contributed by atoms with E-state index in [1.54, 1.807) is 0 Å². The maximum Gasteiger partial charge on any atom is 0.328 e. The standard InChI is InChI=1S/C34H41N5O4/c1-23-8-9-24(18-31(23)40)20-37-21-25-19-30(28-10-11-29(35(2)3)27-7-5-4-6-26(27)28)39-33(42)38(32(41)34(25,39)22-37)13-12-36-14-16-43-17-15-36/h4-11,18,25,30,40H,12-17,19-22H2,1-3H3/t25-,30-,34+/m1/s1. The predicted octanol–water partition coefficient (Wildman–Crippen LogP) is 3.83. The Bertz CT molecular complexity index is 1570. The highest BCUT2D eigenvalue weighted by Crippen LogP contribution is 2.56. The number of amides is 3. The van der Waals surface area contributed by atoms with E-state index < -0.39 is 5.54 Å². The summed E-state index contributed by atoms with van der Waals surface area (Å²) in [6.45, 7) is 7.79. The molecular formula is C34H41N5O4. The molecule has 4 heterocycles. The Kier molecular flexibility index (Phi) is 7.07. The predicted molar refractivity (Wildman–Crippen MR) is 166 cm³/mol. The van der Waals surface area contributed by atoms with Gasteiger partial charge in [-0.05, 0) is 47.6 Å². The number of benzene rings is 3. The third kappa shape index (κ3) is 4.56. The van der Waals surface area contributed by atoms with E-state index in [-0.39, 0.29) is 29.6 Å². The van der Waals surface area contributed by atoms with Gasteiger partial charge in [0.2, 0.25) is 0 Å². The smallest absolute Gasteiger partial charge is 0.328 e. The van der Waals surface area contributed by atoms with Crippen LogP contribution >= 0.6 is 0 Å². The van der Waals surface area contributed by atoms with E-state index >= 15 is 0 Å². The van der Waals surface area contributed by atoms with Crippen LogP contribution in [-0.2, 0) is 16.1 Å². The number of ether oxygens (including phenoxy) is 1. The lowest BCUT2D eigenvalue weighted by molar-refractivity contribution is -0.133. The fourth-order valence-corrected chi connectivity index (χ4v) is 7.94. The molecule has 7 rings (SSSR count). The van der Waals surface area contributed by atoms with Crippen molar-refractivity contribution in [2.24, 2.45) is 5.92 Å². The van der Waals surface area contributed by atoms with Gasteiger partial charge in [0, 0.05) is 76.9 Å². The topological polar surface area (TPSA) is 79.8 Å². The SMILES string of the molecule is Cc1ccc(CN2C[C@H]3C[C@H](c4ccc(N(C)C)c5ccccc45)N4C(=O)N(CCN5CCOCC5)C(=O)[C@]34C2)cc1O. The van der Waals surface area contributed by atoms with Crippen LogP contribution in [0.2, 0.25) is 0 Å². The number of imide groups is 1. The van der Waals surface area contributed by atoms with Crippen LogP contribution in [0.3, 0.4) is 0 Å². The number of phenolic OH excluding ortho intramolecular Hbond substituents is 1. The van der Waals surface area contributed by atoms with Crippen molar-refractivity contribution in [3.63, 3.8) is 0 Å². The molecule has 0 radical (unpaired) electrons. The Morgan fingerprint density at radius 2 is 1.74 bits per heavy atom. The van der Waals surface area contributed by atoms with Gasteiger partial charge < -0.3 is 19.6 Å². The molecule has 0 bridgehead atoms. The lowest BCUT2D eigenvalue weighted by Gasteiger charge is -2.32. The van der Waals surface area contributed by atoms with Crippen molar-refractivity contribution in [2.75, 3.05) is 71.5 Å². The van der Waals surface area contributed by atoms with Crippen LogP contribution in [0.25, 0.3) is 10.8 Å². The van der Waals surface area contributed by atoms with Crippen molar-refractivity contribution < 1.29 is 19.4 Å². The van der Waals surface area contributed by atoms with Crippen molar-refractivity contribution in [3.8, 4) is 5.75 Å². The first kappa shape index (κ1) is 28.1. The van der Waals surface area contributed by atoms with Crippen molar-refractivity contribution in [2.45, 2.75) is 31.5 Å². The number of likely N-dealkylation sites (tertiary alicyclic amines) is 1. The summed E-state index contributed by atoms with van der Waals surface area (Å²) in [5.74, 6) is 0.251. The van der Waals surface area contributed by atoms with E-state index in [0.717, 1.165) is 59.2 Å². The largest absolute Gasteiger partial charge is 0.508 e. The second-order valence-electron chi connectivity index (χ2n) is 12.8. The molecule has 3 amide bonds. The minimum atomic E-state index is -0.888. The maximum absolute atomic E-state index is 14.5. The number of morpholine rings is 1. The number of urea groups is 1. The molecule has 3 aromatic carbocycles. The highest BCUT2D eigenvalue weighted by atomic mass is 16.5. The highest BCUT2D eigenvalue weighted by molar-refractivity contribution is 6.09. The molecule has 4 saturated heterocycles. The summed E-state index contributed by atoms with van der Waals surface area (Å²) in [4.78, 5) is 39.1. The fourth-order valence-electron chi connectivity index (χ4n) is 7.94. The molecule has 0 aromatic heterocycles. The average molecular weight is 584 g/mol. The summed E-state index contributed by atoms with van der Waals surface area (Å²) >= 11 is 0. The van der Waals surface area contributed by atoms with Crippen molar-refractivity contribution >= 4 is 28.4 Å². The van der Waals surface area contributed by atoms with E-state index in [4.69, 9.17) is 4.74 Å². The average Bonchev–Trinajstić information content (AvgIpc) is 3.58. The van der Waals surface area contributed by atoms with Crippen LogP contribution in [-0.4, -0.2) is 109 Å². The first-order valence-corrected chi connectivity index (χ1v) is 15.4. The van der Waals surface area contributed by atoms with Gasteiger partial charge in [0.15, 0.2) is 0 Å². The summed E-state index contributed by atoms with van der Waals surface area (Å²) in [6, 6.07) is 18.2. The Morgan fingerprint density at radius 1 is 0.977 bits per heavy atom. The van der Waals surface area contributed by atoms with Crippen LogP contribution in [0.1, 0.15) is 29.2 Å². The summed E-state index contributed by atoms with van der Waals surface area (Å²) in [5, 5.41) is 12.6. The first-order chi connectivity index (χ1) is 20.8. The van der Waals surface area contributed by atoms with Gasteiger partial charge in [0.25, 0.3) is 5.91 Å². The molecule has 0 unspecified atom stereocenters. The second kappa shape index (κ2) is 10.8. The number of hydrogen-bond acceptors (Lipinski definition) is 7. The van der Waals surface area contributed by atoms with E-state index in [9.17, 15) is 14.7 Å². The fraction of sp³-hybridized carbons (Fsp3) is 0.471. The molecule has 4 aliphatic rings. The van der Waals surface area contributed by atoms with Crippen LogP contribution in [0, 0.1) is 12.8 Å². The van der Waals surface area contributed by atoms with Crippen LogP contribution < -0.4 is 4.90 Å². The number of carbonyl (C=O) groups is 2. The van der Waals surface area contributed by atoms with Crippen LogP contribution in [0.4, 0.5) is 10.5 Å². The number of nitrogens with zero attached hydrogens (tertiary/aromatic N) is 5. The van der Waals surface area contributed by atoms with E-state index in [1.165, 1.54) is 4.90 Å². The van der Waals surface area contributed by atoms with E-state index in [2.05, 4.69) is 51.1 Å². The lowest BCUT2D eigenvalue weighted by Crippen LogP contribution is -2.51. The summed E-state index contributed by atoms with van der Waals surface area (Å²) < 4.78 is 5.50. The third-order valence-corrected chi connectivity index (χ3v) is 10.1. The van der Waals surface area contributed by atoms with Crippen molar-refractivity contribution in [1.29, 1.82) is 0 Å². The number of fused-ring (bicyclic) bond motifs is 1. The molecule has 9 nitrogen and oxygen atoms in total. The molecule has 1 N–H and O–H groups in total. The van der Waals surface area contributed by atoms with Gasteiger partial charge in [0.1, 0.15) is 11.3 Å². The number of rotatable bonds is 7. The number of hydrogen-bond donors (Lipinski definition) is 1. The molecule has 43 heavy (non-hydrogen) atoms. The lowest BCUT2D eigenvalue weighted by atomic mass is 9.87. The Labute approximate surface area is 253 Å². The van der Waals surface area contributed by atoms with Gasteiger partial charge in [-0.2, -0.15) is 0 Å². The number of aryl methyl sites for hydroxylation is 1. The molecule has 4 fully saturated rings. The van der Waals surface area contributed by atoms with E-state index in [1.807, 2.05) is 44.1 Å². The highest BCUT2D eigenvalue weighted by Gasteiger charge is 2.70. The second-order valence-corrected chi connectivity index (χ2v) is 12.8. The van der Waals surface area contributed by atoms with Gasteiger partial charge in [-0.25, -0.2) is 4.79 Å². The molecule has 1 spiro atoms. The molecule has 0 saturated carbocycles. The zero-order valence-corrected chi connectivity index (χ0v) is 25.3. The molecule has 3 atom stereocenters. The summed E-state index contributed by atoms with van der Waals surface area (Å²) in [5.41, 5.74) is 3.21. The van der Waals surface area contributed by atoms with Gasteiger partial charge in [-0.1, -0.05) is 42.5 Å². The normalized spacial score (nSPS) is 26.0. The number of aromatic hydroxyl groups is 1. The van der Waals surface area contributed by atoms with Gasteiger partial charge in [-0.15, -0.1) is 0 Å². The molecule has 3 aromatic rings. The number of anilines is 1. The quantitative estimate of drug-likeness (QED) is 0.424. The molecule has 226 valence electrons. The molecule has 9 heteroatoms. The molecule has 4 aliphatic heterocycles. The first-order valence-electron chi connectivity index (χ1n) is 15.4. The van der Waals surface area contributed by atoms with Crippen LogP contribution in [0.5, 0.6) is 5.75 Å². The van der Waals surface area contributed by atoms with Crippen molar-refractivity contribution in [3.05, 3.63) is 71.3 Å². The Hall–Kier alpha value is -3.66. The number of carbonyl (C=O) groups excluding carboxylic acids is 2. The number of phenols is 1.